The van der Waals surface area contributed by atoms with Crippen molar-refractivity contribution in [2.45, 2.75) is 31.8 Å². The first-order valence-electron chi connectivity index (χ1n) is 10.1. The fourth-order valence-electron chi connectivity index (χ4n) is 3.06. The number of sulfone groups is 1. The van der Waals surface area contributed by atoms with Crippen LogP contribution in [0.5, 0.6) is 17.5 Å². The van der Waals surface area contributed by atoms with Crippen LogP contribution in [0.15, 0.2) is 41.3 Å². The minimum Gasteiger partial charge on any atom is -0.493 e. The molecule has 2 heterocycles. The molecule has 1 aromatic carbocycles. The van der Waals surface area contributed by atoms with Crippen molar-refractivity contribution in [2.75, 3.05) is 7.11 Å². The van der Waals surface area contributed by atoms with E-state index in [1.165, 1.54) is 17.7 Å². The third-order valence-corrected chi connectivity index (χ3v) is 7.11. The Balaban J connectivity index is 2.16. The zero-order chi connectivity index (χ0) is 24.3. The highest BCUT2D eigenvalue weighted by atomic mass is 32.2. The highest BCUT2D eigenvalue weighted by Crippen LogP contribution is 2.32. The van der Waals surface area contributed by atoms with Gasteiger partial charge in [0.05, 0.1) is 41.1 Å². The van der Waals surface area contributed by atoms with Gasteiger partial charge in [-0.1, -0.05) is 0 Å². The molecule has 2 aromatic heterocycles. The zero-order valence-corrected chi connectivity index (χ0v) is 19.8. The number of aryl methyl sites for hydroxylation is 2. The summed E-state index contributed by atoms with van der Waals surface area (Å²) in [5, 5.41) is 8.62. The van der Waals surface area contributed by atoms with Gasteiger partial charge < -0.3 is 14.0 Å². The molecule has 3 rings (SSSR count). The minimum atomic E-state index is -3.46. The number of pyridine rings is 1. The van der Waals surface area contributed by atoms with Crippen molar-refractivity contribution in [3.05, 3.63) is 63.7 Å². The molecule has 0 atom stereocenters. The quantitative estimate of drug-likeness (QED) is 0.518. The lowest BCUT2D eigenvalue weighted by atomic mass is 10.1. The van der Waals surface area contributed by atoms with Gasteiger partial charge in [0, 0.05) is 30.4 Å². The molecule has 10 heteroatoms. The van der Waals surface area contributed by atoms with Crippen LogP contribution in [0, 0.1) is 18.3 Å². The summed E-state index contributed by atoms with van der Waals surface area (Å²) >= 11 is 0. The molecule has 0 unspecified atom stereocenters. The standard InChI is InChI=1S/C23H24N4O5S/c1-14(2)33(29,30)13-18-10-19(17-8-15(3)22(28)27(4)12-17)26-23(25-18)32-21-9-16(11-24)6-7-20(21)31-5/h6-10,12,14H,13H2,1-5H3. The van der Waals surface area contributed by atoms with Crippen molar-refractivity contribution >= 4 is 9.84 Å². The third kappa shape index (κ3) is 5.38. The SMILES string of the molecule is COc1ccc(C#N)cc1Oc1nc(CS(=O)(=O)C(C)C)cc(-c2cc(C)c(=O)n(C)c2)n1. The van der Waals surface area contributed by atoms with Crippen LogP contribution in [0.25, 0.3) is 11.3 Å². The van der Waals surface area contributed by atoms with Gasteiger partial charge >= 0.3 is 6.01 Å². The average Bonchev–Trinajstić information content (AvgIpc) is 2.76. The molecule has 0 saturated carbocycles. The lowest BCUT2D eigenvalue weighted by Crippen LogP contribution is -2.19. The number of hydrogen-bond acceptors (Lipinski definition) is 8. The molecule has 9 nitrogen and oxygen atoms in total. The molecule has 0 radical (unpaired) electrons. The van der Waals surface area contributed by atoms with E-state index in [2.05, 4.69) is 9.97 Å². The van der Waals surface area contributed by atoms with E-state index >= 15 is 0 Å². The summed E-state index contributed by atoms with van der Waals surface area (Å²) in [6.07, 6.45) is 1.61. The smallest absolute Gasteiger partial charge is 0.322 e. The molecule has 33 heavy (non-hydrogen) atoms. The van der Waals surface area contributed by atoms with E-state index in [4.69, 9.17) is 9.47 Å². The summed E-state index contributed by atoms with van der Waals surface area (Å²) in [6.45, 7) is 4.89. The highest BCUT2D eigenvalue weighted by molar-refractivity contribution is 7.91. The van der Waals surface area contributed by atoms with Crippen molar-refractivity contribution in [1.82, 2.24) is 14.5 Å². The van der Waals surface area contributed by atoms with Gasteiger partial charge in [-0.15, -0.1) is 0 Å². The molecule has 0 aliphatic carbocycles. The predicted molar refractivity (Wildman–Crippen MR) is 123 cm³/mol. The van der Waals surface area contributed by atoms with Crippen molar-refractivity contribution in [2.24, 2.45) is 7.05 Å². The van der Waals surface area contributed by atoms with E-state index in [1.807, 2.05) is 6.07 Å². The Labute approximate surface area is 192 Å². The summed E-state index contributed by atoms with van der Waals surface area (Å²) in [7, 11) is -0.373. The maximum absolute atomic E-state index is 12.6. The number of hydrogen-bond donors (Lipinski definition) is 0. The number of rotatable bonds is 7. The molecule has 0 aliphatic rings. The van der Waals surface area contributed by atoms with Gasteiger partial charge in [0.2, 0.25) is 0 Å². The van der Waals surface area contributed by atoms with Crippen molar-refractivity contribution in [3.8, 4) is 34.8 Å². The van der Waals surface area contributed by atoms with Crippen LogP contribution in [0.2, 0.25) is 0 Å². The molecule has 172 valence electrons. The van der Waals surface area contributed by atoms with E-state index < -0.39 is 15.1 Å². The summed E-state index contributed by atoms with van der Waals surface area (Å²) in [5.74, 6) is 0.261. The van der Waals surface area contributed by atoms with Gasteiger partial charge in [0.15, 0.2) is 21.3 Å². The normalized spacial score (nSPS) is 11.3. The fourth-order valence-corrected chi connectivity index (χ4v) is 3.95. The Morgan fingerprint density at radius 3 is 2.48 bits per heavy atom. The topological polar surface area (TPSA) is 124 Å². The lowest BCUT2D eigenvalue weighted by Gasteiger charge is -2.13. The Morgan fingerprint density at radius 1 is 1.15 bits per heavy atom. The molecular formula is C23H24N4O5S. The molecule has 3 aromatic rings. The molecule has 0 saturated heterocycles. The second kappa shape index (κ2) is 9.42. The van der Waals surface area contributed by atoms with E-state index in [0.29, 0.717) is 28.1 Å². The molecule has 0 bridgehead atoms. The van der Waals surface area contributed by atoms with Crippen LogP contribution in [-0.2, 0) is 22.6 Å². The molecule has 0 spiro atoms. The maximum atomic E-state index is 12.6. The van der Waals surface area contributed by atoms with E-state index in [9.17, 15) is 18.5 Å². The summed E-state index contributed by atoms with van der Waals surface area (Å²) in [6, 6.07) is 9.80. The van der Waals surface area contributed by atoms with Gasteiger partial charge in [-0.3, -0.25) is 4.79 Å². The largest absolute Gasteiger partial charge is 0.493 e. The average molecular weight is 469 g/mol. The van der Waals surface area contributed by atoms with Gasteiger partial charge in [0.25, 0.3) is 5.56 Å². The summed E-state index contributed by atoms with van der Waals surface area (Å²) in [5.41, 5.74) is 1.94. The first-order valence-corrected chi connectivity index (χ1v) is 11.8. The predicted octanol–water partition coefficient (Wildman–Crippen LogP) is 3.15. The molecule has 0 aliphatic heterocycles. The monoisotopic (exact) mass is 468 g/mol. The van der Waals surface area contributed by atoms with E-state index in [0.717, 1.165) is 0 Å². The molecular weight excluding hydrogens is 444 g/mol. The van der Waals surface area contributed by atoms with Crippen LogP contribution in [0.3, 0.4) is 0 Å². The highest BCUT2D eigenvalue weighted by Gasteiger charge is 2.20. The third-order valence-electron chi connectivity index (χ3n) is 4.98. The van der Waals surface area contributed by atoms with E-state index in [1.54, 1.807) is 58.3 Å². The van der Waals surface area contributed by atoms with Crippen molar-refractivity contribution < 1.29 is 17.9 Å². The number of ether oxygens (including phenoxy) is 2. The minimum absolute atomic E-state index is 0.110. The Bertz CT molecular complexity index is 1380. The first-order chi connectivity index (χ1) is 15.5. The van der Waals surface area contributed by atoms with Crippen LogP contribution < -0.4 is 15.0 Å². The second-order valence-corrected chi connectivity index (χ2v) is 10.3. The first kappa shape index (κ1) is 23.9. The van der Waals surface area contributed by atoms with Crippen molar-refractivity contribution in [3.63, 3.8) is 0 Å². The fraction of sp³-hybridized carbons (Fsp3) is 0.304. The summed E-state index contributed by atoms with van der Waals surface area (Å²) < 4.78 is 37.7. The Morgan fingerprint density at radius 2 is 1.88 bits per heavy atom. The number of aromatic nitrogens is 3. The molecule has 0 amide bonds. The van der Waals surface area contributed by atoms with Gasteiger partial charge in [-0.25, -0.2) is 8.42 Å². The van der Waals surface area contributed by atoms with Gasteiger partial charge in [0.1, 0.15) is 0 Å². The second-order valence-electron chi connectivity index (χ2n) is 7.79. The van der Waals surface area contributed by atoms with Crippen LogP contribution in [0.1, 0.15) is 30.7 Å². The Hall–Kier alpha value is -3.71. The lowest BCUT2D eigenvalue weighted by molar-refractivity contribution is 0.367. The maximum Gasteiger partial charge on any atom is 0.322 e. The zero-order valence-electron chi connectivity index (χ0n) is 19.0. The number of nitriles is 1. The number of methoxy groups -OCH3 is 1. The van der Waals surface area contributed by atoms with Crippen LogP contribution in [-0.4, -0.2) is 35.3 Å². The molecule has 0 N–H and O–H groups in total. The van der Waals surface area contributed by atoms with Crippen molar-refractivity contribution in [1.29, 1.82) is 5.26 Å². The summed E-state index contributed by atoms with van der Waals surface area (Å²) in [4.78, 5) is 20.8. The molecule has 0 fully saturated rings. The van der Waals surface area contributed by atoms with Gasteiger partial charge in [-0.2, -0.15) is 15.2 Å². The Kier molecular flexibility index (Phi) is 6.84. The van der Waals surface area contributed by atoms with Crippen LogP contribution >= 0.6 is 0 Å². The van der Waals surface area contributed by atoms with Gasteiger partial charge in [-0.05, 0) is 45.0 Å². The van der Waals surface area contributed by atoms with Crippen LogP contribution in [0.4, 0.5) is 0 Å². The van der Waals surface area contributed by atoms with E-state index in [-0.39, 0.29) is 28.8 Å². The number of benzene rings is 1. The number of nitrogens with zero attached hydrogens (tertiary/aromatic N) is 4.